The van der Waals surface area contributed by atoms with Crippen molar-refractivity contribution in [2.45, 2.75) is 0 Å². The Hall–Kier alpha value is -1.28. The topological polar surface area (TPSA) is 89.4 Å². The maximum Gasteiger partial charge on any atom is 0.0524 e. The molecular formula is C8H18N6O2. The Bertz CT molecular complexity index is 181. The van der Waals surface area contributed by atoms with E-state index in [1.807, 2.05) is 0 Å². The number of nitroso groups, excluding NO2 is 2. The van der Waals surface area contributed by atoms with Crippen LogP contribution < -0.4 is 10.6 Å². The Morgan fingerprint density at radius 2 is 1.00 bits per heavy atom. The van der Waals surface area contributed by atoms with E-state index in [0.717, 1.165) is 0 Å². The summed E-state index contributed by atoms with van der Waals surface area (Å²) < 4.78 is 0. The van der Waals surface area contributed by atoms with Crippen molar-refractivity contribution in [3.8, 4) is 0 Å². The second-order valence-corrected chi connectivity index (χ2v) is 3.57. The third-order valence-electron chi connectivity index (χ3n) is 2.42. The summed E-state index contributed by atoms with van der Waals surface area (Å²) in [6.45, 7) is 5.05. The standard InChI is InChI=1S/C8H18N6O2/c15-11-13-5-1-9-2-6-14(12-16)8-4-10-3-7-13/h9-10H,1-8H2. The van der Waals surface area contributed by atoms with E-state index in [1.165, 1.54) is 10.0 Å². The van der Waals surface area contributed by atoms with Crippen LogP contribution in [0, 0.1) is 9.81 Å². The molecule has 0 saturated carbocycles. The third kappa shape index (κ3) is 4.99. The highest BCUT2D eigenvalue weighted by Crippen LogP contribution is 1.90. The second kappa shape index (κ2) is 7.94. The zero-order valence-corrected chi connectivity index (χ0v) is 9.26. The van der Waals surface area contributed by atoms with Crippen LogP contribution in [0.1, 0.15) is 0 Å². The molecule has 1 rings (SSSR count). The maximum atomic E-state index is 10.4. The molecule has 0 spiro atoms. The van der Waals surface area contributed by atoms with Crippen molar-refractivity contribution >= 4 is 0 Å². The molecule has 0 aromatic carbocycles. The molecule has 0 radical (unpaired) electrons. The van der Waals surface area contributed by atoms with E-state index in [0.29, 0.717) is 52.4 Å². The predicted octanol–water partition coefficient (Wildman–Crippen LogP) is -0.854. The summed E-state index contributed by atoms with van der Waals surface area (Å²) >= 11 is 0. The molecule has 8 heteroatoms. The summed E-state index contributed by atoms with van der Waals surface area (Å²) in [4.78, 5) is 20.9. The normalized spacial score (nSPS) is 20.8. The molecular weight excluding hydrogens is 212 g/mol. The van der Waals surface area contributed by atoms with Crippen LogP contribution in [0.25, 0.3) is 0 Å². The molecule has 16 heavy (non-hydrogen) atoms. The molecule has 1 heterocycles. The van der Waals surface area contributed by atoms with Gasteiger partial charge in [-0.05, 0) is 0 Å². The van der Waals surface area contributed by atoms with Gasteiger partial charge in [-0.3, -0.25) is 10.0 Å². The van der Waals surface area contributed by atoms with Crippen molar-refractivity contribution in [1.29, 1.82) is 0 Å². The van der Waals surface area contributed by atoms with Crippen LogP contribution in [0.2, 0.25) is 0 Å². The van der Waals surface area contributed by atoms with Gasteiger partial charge in [0, 0.05) is 26.2 Å². The monoisotopic (exact) mass is 230 g/mol. The fraction of sp³-hybridized carbons (Fsp3) is 1.00. The Morgan fingerprint density at radius 1 is 0.688 bits per heavy atom. The predicted molar refractivity (Wildman–Crippen MR) is 60.5 cm³/mol. The van der Waals surface area contributed by atoms with Gasteiger partial charge in [0.15, 0.2) is 0 Å². The number of nitrogens with zero attached hydrogens (tertiary/aromatic N) is 4. The van der Waals surface area contributed by atoms with Crippen LogP contribution in [0.15, 0.2) is 10.6 Å². The summed E-state index contributed by atoms with van der Waals surface area (Å²) in [6, 6.07) is 0. The Balaban J connectivity index is 2.32. The van der Waals surface area contributed by atoms with E-state index in [-0.39, 0.29) is 0 Å². The molecule has 1 saturated heterocycles. The maximum absolute atomic E-state index is 10.4. The molecule has 0 aromatic heterocycles. The van der Waals surface area contributed by atoms with Gasteiger partial charge < -0.3 is 10.6 Å². The van der Waals surface area contributed by atoms with Gasteiger partial charge in [-0.25, -0.2) is 0 Å². The van der Waals surface area contributed by atoms with E-state index in [4.69, 9.17) is 0 Å². The third-order valence-corrected chi connectivity index (χ3v) is 2.42. The molecule has 0 unspecified atom stereocenters. The van der Waals surface area contributed by atoms with Crippen molar-refractivity contribution in [1.82, 2.24) is 20.7 Å². The highest BCUT2D eigenvalue weighted by Gasteiger charge is 2.06. The SMILES string of the molecule is O=NN1CCNCCN(N=O)CCNCC1. The Kier molecular flexibility index (Phi) is 6.35. The van der Waals surface area contributed by atoms with Gasteiger partial charge in [-0.15, -0.1) is 9.81 Å². The highest BCUT2D eigenvalue weighted by atomic mass is 16.3. The van der Waals surface area contributed by atoms with Gasteiger partial charge in [0.1, 0.15) is 0 Å². The quantitative estimate of drug-likeness (QED) is 0.600. The lowest BCUT2D eigenvalue weighted by Crippen LogP contribution is -2.40. The zero-order chi connectivity index (χ0) is 11.6. The minimum absolute atomic E-state index is 0.583. The number of hydrogen-bond donors (Lipinski definition) is 2. The van der Waals surface area contributed by atoms with Gasteiger partial charge >= 0.3 is 0 Å². The van der Waals surface area contributed by atoms with Crippen LogP contribution >= 0.6 is 0 Å². The summed E-state index contributed by atoms with van der Waals surface area (Å²) in [5.41, 5.74) is 0. The number of rotatable bonds is 2. The molecule has 1 aliphatic rings. The van der Waals surface area contributed by atoms with Crippen LogP contribution in [0.3, 0.4) is 0 Å². The van der Waals surface area contributed by atoms with Crippen LogP contribution in [-0.4, -0.2) is 62.4 Å². The van der Waals surface area contributed by atoms with Gasteiger partial charge in [-0.1, -0.05) is 0 Å². The van der Waals surface area contributed by atoms with Crippen LogP contribution in [-0.2, 0) is 0 Å². The number of nitrogens with one attached hydrogen (secondary N) is 2. The summed E-state index contributed by atoms with van der Waals surface area (Å²) in [7, 11) is 0. The zero-order valence-electron chi connectivity index (χ0n) is 9.26. The van der Waals surface area contributed by atoms with Gasteiger partial charge in [0.25, 0.3) is 0 Å². The largest absolute Gasteiger partial charge is 0.313 e. The lowest BCUT2D eigenvalue weighted by Gasteiger charge is -2.20. The van der Waals surface area contributed by atoms with E-state index in [9.17, 15) is 9.81 Å². The summed E-state index contributed by atoms with van der Waals surface area (Å²) in [6.07, 6.45) is 0. The first-order chi connectivity index (χ1) is 7.86. The molecule has 1 aliphatic heterocycles. The van der Waals surface area contributed by atoms with E-state index >= 15 is 0 Å². The van der Waals surface area contributed by atoms with Crippen molar-refractivity contribution in [3.05, 3.63) is 9.81 Å². The molecule has 0 aromatic rings. The van der Waals surface area contributed by atoms with E-state index in [2.05, 4.69) is 21.2 Å². The minimum Gasteiger partial charge on any atom is -0.313 e. The average Bonchev–Trinajstić information content (AvgIpc) is 2.30. The first-order valence-electron chi connectivity index (χ1n) is 5.44. The van der Waals surface area contributed by atoms with Crippen molar-refractivity contribution in [3.63, 3.8) is 0 Å². The van der Waals surface area contributed by atoms with Gasteiger partial charge in [0.2, 0.25) is 0 Å². The van der Waals surface area contributed by atoms with E-state index < -0.39 is 0 Å². The molecule has 0 bridgehead atoms. The van der Waals surface area contributed by atoms with Gasteiger partial charge in [-0.2, -0.15) is 0 Å². The smallest absolute Gasteiger partial charge is 0.0524 e. The van der Waals surface area contributed by atoms with E-state index in [1.54, 1.807) is 0 Å². The molecule has 8 nitrogen and oxygen atoms in total. The molecule has 2 N–H and O–H groups in total. The van der Waals surface area contributed by atoms with Gasteiger partial charge in [0.05, 0.1) is 36.8 Å². The first-order valence-corrected chi connectivity index (χ1v) is 5.44. The minimum atomic E-state index is 0.583. The molecule has 0 amide bonds. The van der Waals surface area contributed by atoms with Crippen molar-refractivity contribution < 1.29 is 0 Å². The fourth-order valence-corrected chi connectivity index (χ4v) is 1.47. The average molecular weight is 230 g/mol. The fourth-order valence-electron chi connectivity index (χ4n) is 1.47. The van der Waals surface area contributed by atoms with Crippen LogP contribution in [0.5, 0.6) is 0 Å². The lowest BCUT2D eigenvalue weighted by molar-refractivity contribution is 0.249. The number of hydrogen-bond acceptors (Lipinski definition) is 6. The molecule has 0 atom stereocenters. The summed E-state index contributed by atoms with van der Waals surface area (Å²) in [5, 5.41) is 15.1. The van der Waals surface area contributed by atoms with Crippen molar-refractivity contribution in [2.75, 3.05) is 52.4 Å². The molecule has 1 fully saturated rings. The van der Waals surface area contributed by atoms with Crippen molar-refractivity contribution in [2.24, 2.45) is 10.6 Å². The summed E-state index contributed by atoms with van der Waals surface area (Å²) in [5.74, 6) is 0. The first kappa shape index (κ1) is 12.8. The lowest BCUT2D eigenvalue weighted by atomic mass is 10.4. The molecule has 0 aliphatic carbocycles. The second-order valence-electron chi connectivity index (χ2n) is 3.57. The van der Waals surface area contributed by atoms with Crippen LogP contribution in [0.4, 0.5) is 0 Å². The Labute approximate surface area is 94.2 Å². The Morgan fingerprint density at radius 3 is 1.25 bits per heavy atom. The molecule has 92 valence electrons. The highest BCUT2D eigenvalue weighted by molar-refractivity contribution is 4.63.